The summed E-state index contributed by atoms with van der Waals surface area (Å²) in [7, 11) is 1.39. The highest BCUT2D eigenvalue weighted by atomic mass is 35.5. The Morgan fingerprint density at radius 1 is 0.932 bits per heavy atom. The number of benzene rings is 2. The van der Waals surface area contributed by atoms with Gasteiger partial charge in [-0.1, -0.05) is 43.0 Å². The smallest absolute Gasteiger partial charge is 0.258 e. The van der Waals surface area contributed by atoms with Crippen molar-refractivity contribution in [1.82, 2.24) is 4.90 Å². The molecule has 2 aromatic rings. The van der Waals surface area contributed by atoms with Crippen LogP contribution in [0.2, 0.25) is 0 Å². The molecule has 0 radical (unpaired) electrons. The Morgan fingerprint density at radius 3 is 2.32 bits per heavy atom. The maximum atomic E-state index is 14.4. The third-order valence-electron chi connectivity index (χ3n) is 10.4. The normalized spacial score (nSPS) is 33.7. The number of anilines is 1. The van der Waals surface area contributed by atoms with E-state index in [1.54, 1.807) is 18.2 Å². The van der Waals surface area contributed by atoms with Crippen molar-refractivity contribution in [1.29, 1.82) is 0 Å². The number of phenols is 1. The molecule has 4 amide bonds. The van der Waals surface area contributed by atoms with Crippen molar-refractivity contribution in [2.45, 2.75) is 66.7 Å². The van der Waals surface area contributed by atoms with E-state index in [1.807, 2.05) is 6.08 Å². The number of allylic oxidation sites excluding steroid dienone is 2. The number of hydrogen-bond acceptors (Lipinski definition) is 6. The van der Waals surface area contributed by atoms with Gasteiger partial charge in [0.05, 0.1) is 24.6 Å². The Morgan fingerprint density at radius 2 is 1.64 bits per heavy atom. The molecule has 2 aromatic carbocycles. The highest BCUT2D eigenvalue weighted by Crippen LogP contribution is 2.66. The van der Waals surface area contributed by atoms with Gasteiger partial charge >= 0.3 is 0 Å². The molecule has 2 saturated carbocycles. The maximum absolute atomic E-state index is 14.4. The maximum Gasteiger partial charge on any atom is 0.258 e. The van der Waals surface area contributed by atoms with Crippen LogP contribution < -0.4 is 9.64 Å². The SMILES string of the molecule is COc1cccc(C2C3=CCC4C(=O)N(C5CCCCC5)C(=O)C4C3CC3(Cl)C(=O)N(c4ccc(F)cc4)C(=O)C23Cl)c1O. The second-order valence-corrected chi connectivity index (χ2v) is 13.7. The molecular formula is C33H31Cl2FN2O6. The molecule has 5 aliphatic rings. The second-order valence-electron chi connectivity index (χ2n) is 12.5. The summed E-state index contributed by atoms with van der Waals surface area (Å²) in [5, 5.41) is 11.4. The lowest BCUT2D eigenvalue weighted by molar-refractivity contribution is -0.143. The molecule has 7 rings (SSSR count). The molecule has 3 aliphatic carbocycles. The van der Waals surface area contributed by atoms with Crippen LogP contribution in [0.5, 0.6) is 11.5 Å². The molecule has 2 saturated heterocycles. The molecule has 44 heavy (non-hydrogen) atoms. The summed E-state index contributed by atoms with van der Waals surface area (Å²) >= 11 is 14.7. The minimum Gasteiger partial charge on any atom is -0.504 e. The van der Waals surface area contributed by atoms with E-state index in [0.717, 1.165) is 49.1 Å². The van der Waals surface area contributed by atoms with E-state index in [1.165, 1.54) is 24.1 Å². The Labute approximate surface area is 263 Å². The first-order valence-corrected chi connectivity index (χ1v) is 15.7. The molecule has 0 spiro atoms. The molecule has 230 valence electrons. The highest BCUT2D eigenvalue weighted by molar-refractivity contribution is 6.58. The van der Waals surface area contributed by atoms with E-state index in [2.05, 4.69) is 0 Å². The predicted molar refractivity (Wildman–Crippen MR) is 160 cm³/mol. The van der Waals surface area contributed by atoms with Crippen LogP contribution in [-0.2, 0) is 19.2 Å². The number of hydrogen-bond donors (Lipinski definition) is 1. The van der Waals surface area contributed by atoms with Crippen molar-refractivity contribution >= 4 is 52.5 Å². The summed E-state index contributed by atoms with van der Waals surface area (Å²) in [6.45, 7) is 0. The van der Waals surface area contributed by atoms with Crippen LogP contribution in [0.4, 0.5) is 10.1 Å². The van der Waals surface area contributed by atoms with E-state index in [-0.39, 0.29) is 53.4 Å². The number of alkyl halides is 2. The molecule has 0 aromatic heterocycles. The van der Waals surface area contributed by atoms with E-state index in [4.69, 9.17) is 27.9 Å². The van der Waals surface area contributed by atoms with Gasteiger partial charge in [-0.15, -0.1) is 23.2 Å². The zero-order valence-corrected chi connectivity index (χ0v) is 25.5. The average molecular weight is 642 g/mol. The van der Waals surface area contributed by atoms with E-state index < -0.39 is 51.1 Å². The number of aromatic hydroxyl groups is 1. The number of imide groups is 2. The molecule has 2 heterocycles. The first kappa shape index (κ1) is 29.3. The fraction of sp³-hybridized carbons (Fsp3) is 0.455. The third-order valence-corrected chi connectivity index (χ3v) is 11.8. The Bertz CT molecular complexity index is 1620. The molecule has 2 aliphatic heterocycles. The number of rotatable bonds is 4. The van der Waals surface area contributed by atoms with Gasteiger partial charge in [0.2, 0.25) is 11.8 Å². The number of fused-ring (bicyclic) bond motifs is 4. The molecule has 6 unspecified atom stereocenters. The lowest BCUT2D eigenvalue weighted by Crippen LogP contribution is -2.60. The summed E-state index contributed by atoms with van der Waals surface area (Å²) in [5.74, 6) is -6.10. The zero-order chi connectivity index (χ0) is 31.1. The minimum atomic E-state index is -2.13. The number of halogens is 3. The molecule has 0 bridgehead atoms. The molecule has 4 fully saturated rings. The van der Waals surface area contributed by atoms with Crippen LogP contribution in [0.15, 0.2) is 54.1 Å². The van der Waals surface area contributed by atoms with Gasteiger partial charge in [0.15, 0.2) is 21.2 Å². The largest absolute Gasteiger partial charge is 0.504 e. The Hall–Kier alpha value is -3.43. The average Bonchev–Trinajstić information content (AvgIpc) is 3.36. The van der Waals surface area contributed by atoms with Gasteiger partial charge in [-0.05, 0) is 61.9 Å². The molecule has 1 N–H and O–H groups in total. The number of ether oxygens (including phenoxy) is 1. The topological polar surface area (TPSA) is 104 Å². The fourth-order valence-electron chi connectivity index (χ4n) is 8.40. The quantitative estimate of drug-likeness (QED) is 0.271. The summed E-state index contributed by atoms with van der Waals surface area (Å²) < 4.78 is 19.2. The van der Waals surface area contributed by atoms with Crippen LogP contribution in [0.25, 0.3) is 0 Å². The van der Waals surface area contributed by atoms with Crippen molar-refractivity contribution in [2.75, 3.05) is 12.0 Å². The van der Waals surface area contributed by atoms with Gasteiger partial charge in [0, 0.05) is 17.5 Å². The lowest BCUT2D eigenvalue weighted by atomic mass is 9.56. The third kappa shape index (κ3) is 3.81. The van der Waals surface area contributed by atoms with Crippen molar-refractivity contribution in [2.24, 2.45) is 17.8 Å². The highest BCUT2D eigenvalue weighted by Gasteiger charge is 2.77. The van der Waals surface area contributed by atoms with E-state index >= 15 is 0 Å². The standard InChI is InChI=1S/C33H31Cl2FN2O6/c1-44-24-9-5-8-22(27(24)39)26-20-14-15-21-25(29(41)37(28(21)40)18-6-3-2-4-7-18)23(20)16-32(34)30(42)38(31(43)33(26,32)35)19-12-10-17(36)11-13-19/h5,8-14,18,21,23,25-26,39H,2-4,6-7,15-16H2,1H3. The van der Waals surface area contributed by atoms with Gasteiger partial charge in [0.25, 0.3) is 11.8 Å². The van der Waals surface area contributed by atoms with Crippen molar-refractivity contribution in [3.63, 3.8) is 0 Å². The van der Waals surface area contributed by atoms with Crippen molar-refractivity contribution < 1.29 is 33.4 Å². The number of likely N-dealkylation sites (tertiary alicyclic amines) is 1. The number of carbonyl (C=O) groups is 4. The number of nitrogens with zero attached hydrogens (tertiary/aromatic N) is 2. The Kier molecular flexibility index (Phi) is 6.86. The van der Waals surface area contributed by atoms with Gasteiger partial charge < -0.3 is 9.84 Å². The first-order valence-electron chi connectivity index (χ1n) is 15.0. The number of para-hydroxylation sites is 1. The van der Waals surface area contributed by atoms with Crippen LogP contribution in [0, 0.1) is 23.6 Å². The van der Waals surface area contributed by atoms with Gasteiger partial charge in [0.1, 0.15) is 5.82 Å². The zero-order valence-electron chi connectivity index (χ0n) is 24.0. The van der Waals surface area contributed by atoms with Crippen LogP contribution in [-0.4, -0.2) is 56.5 Å². The number of phenolic OH excluding ortho intramolecular Hbond substituents is 1. The lowest BCUT2D eigenvalue weighted by Gasteiger charge is -2.50. The van der Waals surface area contributed by atoms with Gasteiger partial charge in [-0.25, -0.2) is 9.29 Å². The van der Waals surface area contributed by atoms with Crippen LogP contribution in [0.1, 0.15) is 56.4 Å². The van der Waals surface area contributed by atoms with Crippen LogP contribution in [0.3, 0.4) is 0 Å². The number of carbonyl (C=O) groups excluding carboxylic acids is 4. The van der Waals surface area contributed by atoms with Crippen molar-refractivity contribution in [3.05, 3.63) is 65.5 Å². The van der Waals surface area contributed by atoms with Crippen LogP contribution >= 0.6 is 23.2 Å². The fourth-order valence-corrected chi connectivity index (χ4v) is 9.33. The first-order chi connectivity index (χ1) is 21.0. The van der Waals surface area contributed by atoms with E-state index in [0.29, 0.717) is 5.57 Å². The molecule has 8 nitrogen and oxygen atoms in total. The summed E-state index contributed by atoms with van der Waals surface area (Å²) in [5.41, 5.74) is 0.881. The van der Waals surface area contributed by atoms with E-state index in [9.17, 15) is 28.7 Å². The second kappa shape index (κ2) is 10.3. The Balaban J connectivity index is 1.40. The summed E-state index contributed by atoms with van der Waals surface area (Å²) in [6.07, 6.45) is 6.37. The molecule has 11 heteroatoms. The molecular weight excluding hydrogens is 610 g/mol. The van der Waals surface area contributed by atoms with Crippen molar-refractivity contribution in [3.8, 4) is 11.5 Å². The molecule has 6 atom stereocenters. The monoisotopic (exact) mass is 640 g/mol. The summed E-state index contributed by atoms with van der Waals surface area (Å²) in [4.78, 5) is 54.8. The number of amides is 4. The van der Waals surface area contributed by atoms with Gasteiger partial charge in [-0.2, -0.15) is 0 Å². The number of methoxy groups -OCH3 is 1. The predicted octanol–water partition coefficient (Wildman–Crippen LogP) is 5.44. The summed E-state index contributed by atoms with van der Waals surface area (Å²) in [6, 6.07) is 9.45. The minimum absolute atomic E-state index is 0.0925. The van der Waals surface area contributed by atoms with Gasteiger partial charge in [-0.3, -0.25) is 24.1 Å².